The quantitative estimate of drug-likeness (QED) is 0.342. The summed E-state index contributed by atoms with van der Waals surface area (Å²) >= 11 is 3.43. The zero-order chi connectivity index (χ0) is 26.8. The SMILES string of the molecule is CCCNC(=O)[C@@H](Cc1ccccc1)N(Cc1ccc(Br)cc1)C(=O)CN(c1ccccc1)S(C)(=O)=O. The lowest BCUT2D eigenvalue weighted by molar-refractivity contribution is -0.140. The molecule has 3 aromatic carbocycles. The number of benzene rings is 3. The monoisotopic (exact) mass is 585 g/mol. The van der Waals surface area contributed by atoms with E-state index < -0.39 is 28.5 Å². The maximum Gasteiger partial charge on any atom is 0.244 e. The average Bonchev–Trinajstić information content (AvgIpc) is 2.89. The van der Waals surface area contributed by atoms with Crippen molar-refractivity contribution in [1.82, 2.24) is 10.2 Å². The minimum Gasteiger partial charge on any atom is -0.354 e. The van der Waals surface area contributed by atoms with Crippen molar-refractivity contribution < 1.29 is 18.0 Å². The minimum absolute atomic E-state index is 0.148. The van der Waals surface area contributed by atoms with Crippen molar-refractivity contribution in [2.45, 2.75) is 32.4 Å². The molecule has 3 rings (SSSR count). The van der Waals surface area contributed by atoms with Gasteiger partial charge in [0.25, 0.3) is 0 Å². The van der Waals surface area contributed by atoms with E-state index in [2.05, 4.69) is 21.2 Å². The zero-order valence-corrected chi connectivity index (χ0v) is 23.4. The molecule has 0 aromatic heterocycles. The number of anilines is 1. The Morgan fingerprint density at radius 3 is 2.05 bits per heavy atom. The van der Waals surface area contributed by atoms with Crippen LogP contribution in [-0.4, -0.2) is 50.5 Å². The largest absolute Gasteiger partial charge is 0.354 e. The van der Waals surface area contributed by atoms with Crippen molar-refractivity contribution >= 4 is 43.5 Å². The van der Waals surface area contributed by atoms with Crippen LogP contribution < -0.4 is 9.62 Å². The van der Waals surface area contributed by atoms with Gasteiger partial charge in [0.15, 0.2) is 0 Å². The highest BCUT2D eigenvalue weighted by molar-refractivity contribution is 9.10. The van der Waals surface area contributed by atoms with Gasteiger partial charge in [0, 0.05) is 24.0 Å². The number of nitrogens with one attached hydrogen (secondary N) is 1. The second kappa shape index (κ2) is 13.4. The Morgan fingerprint density at radius 1 is 0.892 bits per heavy atom. The van der Waals surface area contributed by atoms with Gasteiger partial charge >= 0.3 is 0 Å². The molecule has 0 aliphatic rings. The number of amides is 2. The standard InChI is InChI=1S/C28H32BrN3O4S/c1-3-18-30-28(34)26(19-22-10-6-4-7-11-22)31(20-23-14-16-24(29)17-15-23)27(33)21-32(37(2,35)36)25-12-8-5-9-13-25/h4-17,26H,3,18-21H2,1-2H3,(H,30,34)/t26-/m1/s1. The number of para-hydroxylation sites is 1. The number of rotatable bonds is 12. The summed E-state index contributed by atoms with van der Waals surface area (Å²) in [5, 5.41) is 2.93. The first-order valence-corrected chi connectivity index (χ1v) is 14.7. The van der Waals surface area contributed by atoms with Crippen molar-refractivity contribution in [3.63, 3.8) is 0 Å². The van der Waals surface area contributed by atoms with Gasteiger partial charge in [0.1, 0.15) is 12.6 Å². The van der Waals surface area contributed by atoms with Crippen LogP contribution >= 0.6 is 15.9 Å². The van der Waals surface area contributed by atoms with Crippen LogP contribution in [0.15, 0.2) is 89.4 Å². The highest BCUT2D eigenvalue weighted by atomic mass is 79.9. The molecule has 0 unspecified atom stereocenters. The lowest BCUT2D eigenvalue weighted by Crippen LogP contribution is -2.53. The Morgan fingerprint density at radius 2 is 1.49 bits per heavy atom. The van der Waals surface area contributed by atoms with Gasteiger partial charge in [-0.05, 0) is 41.8 Å². The molecule has 0 saturated carbocycles. The maximum absolute atomic E-state index is 13.9. The van der Waals surface area contributed by atoms with Crippen LogP contribution in [0.2, 0.25) is 0 Å². The molecule has 1 atom stereocenters. The second-order valence-electron chi connectivity index (χ2n) is 8.75. The number of nitrogens with zero attached hydrogens (tertiary/aromatic N) is 2. The van der Waals surface area contributed by atoms with E-state index in [1.807, 2.05) is 61.5 Å². The Balaban J connectivity index is 2.01. The molecule has 0 fully saturated rings. The van der Waals surface area contributed by atoms with Crippen molar-refractivity contribution in [1.29, 1.82) is 0 Å². The fourth-order valence-corrected chi connectivity index (χ4v) is 5.03. The Hall–Kier alpha value is -3.17. The van der Waals surface area contributed by atoms with Gasteiger partial charge in [0.2, 0.25) is 21.8 Å². The summed E-state index contributed by atoms with van der Waals surface area (Å²) < 4.78 is 27.4. The molecular formula is C28H32BrN3O4S. The molecule has 196 valence electrons. The fourth-order valence-electron chi connectivity index (χ4n) is 3.91. The highest BCUT2D eigenvalue weighted by Crippen LogP contribution is 2.20. The van der Waals surface area contributed by atoms with Crippen molar-refractivity contribution in [3.05, 3.63) is 101 Å². The second-order valence-corrected chi connectivity index (χ2v) is 11.6. The number of hydrogen-bond acceptors (Lipinski definition) is 4. The third-order valence-electron chi connectivity index (χ3n) is 5.81. The summed E-state index contributed by atoms with van der Waals surface area (Å²) in [5.41, 5.74) is 2.11. The lowest BCUT2D eigenvalue weighted by Gasteiger charge is -2.33. The highest BCUT2D eigenvalue weighted by Gasteiger charge is 2.32. The molecule has 0 aliphatic carbocycles. The zero-order valence-electron chi connectivity index (χ0n) is 21.0. The van der Waals surface area contributed by atoms with E-state index in [-0.39, 0.29) is 12.5 Å². The van der Waals surface area contributed by atoms with Gasteiger partial charge < -0.3 is 10.2 Å². The Bertz CT molecular complexity index is 1270. The van der Waals surface area contributed by atoms with Gasteiger partial charge in [-0.2, -0.15) is 0 Å². The number of carbonyl (C=O) groups excluding carboxylic acids is 2. The molecule has 0 heterocycles. The summed E-state index contributed by atoms with van der Waals surface area (Å²) in [5.74, 6) is -0.744. The summed E-state index contributed by atoms with van der Waals surface area (Å²) in [6.45, 7) is 2.16. The summed E-state index contributed by atoms with van der Waals surface area (Å²) in [4.78, 5) is 28.8. The van der Waals surface area contributed by atoms with Crippen LogP contribution in [0, 0.1) is 0 Å². The predicted octanol–water partition coefficient (Wildman–Crippen LogP) is 4.38. The Kier molecular flexibility index (Phi) is 10.3. The van der Waals surface area contributed by atoms with E-state index >= 15 is 0 Å². The van der Waals surface area contributed by atoms with Crippen molar-refractivity contribution in [2.75, 3.05) is 23.7 Å². The first-order valence-electron chi connectivity index (χ1n) is 12.1. The van der Waals surface area contributed by atoms with Gasteiger partial charge in [0.05, 0.1) is 11.9 Å². The molecule has 9 heteroatoms. The van der Waals surface area contributed by atoms with Crippen LogP contribution in [0.5, 0.6) is 0 Å². The molecule has 0 radical (unpaired) electrons. The van der Waals surface area contributed by atoms with E-state index in [0.717, 1.165) is 32.6 Å². The van der Waals surface area contributed by atoms with E-state index in [0.29, 0.717) is 18.7 Å². The molecule has 37 heavy (non-hydrogen) atoms. The number of carbonyl (C=O) groups is 2. The van der Waals surface area contributed by atoms with Crippen LogP contribution in [0.4, 0.5) is 5.69 Å². The lowest BCUT2D eigenvalue weighted by atomic mass is 10.0. The predicted molar refractivity (Wildman–Crippen MR) is 151 cm³/mol. The van der Waals surface area contributed by atoms with Gasteiger partial charge in [-0.1, -0.05) is 83.5 Å². The fraction of sp³-hybridized carbons (Fsp3) is 0.286. The van der Waals surface area contributed by atoms with Gasteiger partial charge in [-0.3, -0.25) is 13.9 Å². The molecule has 2 amide bonds. The van der Waals surface area contributed by atoms with Crippen molar-refractivity contribution in [3.8, 4) is 0 Å². The molecule has 1 N–H and O–H groups in total. The van der Waals surface area contributed by atoms with E-state index in [9.17, 15) is 18.0 Å². The van der Waals surface area contributed by atoms with Crippen LogP contribution in [-0.2, 0) is 32.6 Å². The van der Waals surface area contributed by atoms with Crippen molar-refractivity contribution in [2.24, 2.45) is 0 Å². The molecule has 0 spiro atoms. The van der Waals surface area contributed by atoms with Crippen LogP contribution in [0.1, 0.15) is 24.5 Å². The number of halogens is 1. The van der Waals surface area contributed by atoms with Gasteiger partial charge in [-0.25, -0.2) is 8.42 Å². The molecule has 3 aromatic rings. The summed E-state index contributed by atoms with van der Waals surface area (Å²) in [6.07, 6.45) is 2.12. The molecule has 0 aliphatic heterocycles. The summed E-state index contributed by atoms with van der Waals surface area (Å²) in [7, 11) is -3.76. The minimum atomic E-state index is -3.76. The van der Waals surface area contributed by atoms with Crippen LogP contribution in [0.25, 0.3) is 0 Å². The first-order chi connectivity index (χ1) is 17.7. The molecular weight excluding hydrogens is 554 g/mol. The normalized spacial score (nSPS) is 12.0. The smallest absolute Gasteiger partial charge is 0.244 e. The first kappa shape index (κ1) is 28.4. The molecule has 0 saturated heterocycles. The average molecular weight is 587 g/mol. The van der Waals surface area contributed by atoms with E-state index in [1.54, 1.807) is 30.3 Å². The topological polar surface area (TPSA) is 86.8 Å². The third-order valence-corrected chi connectivity index (χ3v) is 7.48. The number of sulfonamides is 1. The third kappa shape index (κ3) is 8.43. The summed E-state index contributed by atoms with van der Waals surface area (Å²) in [6, 6.07) is 24.6. The van der Waals surface area contributed by atoms with Crippen LogP contribution in [0.3, 0.4) is 0 Å². The van der Waals surface area contributed by atoms with E-state index in [1.165, 1.54) is 4.90 Å². The van der Waals surface area contributed by atoms with Gasteiger partial charge in [-0.15, -0.1) is 0 Å². The number of hydrogen-bond donors (Lipinski definition) is 1. The Labute approximate surface area is 227 Å². The maximum atomic E-state index is 13.9. The molecule has 0 bridgehead atoms. The molecule has 7 nitrogen and oxygen atoms in total. The van der Waals surface area contributed by atoms with E-state index in [4.69, 9.17) is 0 Å².